The van der Waals surface area contributed by atoms with Crippen LogP contribution in [0.25, 0.3) is 0 Å². The summed E-state index contributed by atoms with van der Waals surface area (Å²) in [5, 5.41) is 4.58. The van der Waals surface area contributed by atoms with Crippen LogP contribution in [0.4, 0.5) is 0 Å². The topological polar surface area (TPSA) is 56.6 Å². The van der Waals surface area contributed by atoms with E-state index in [0.29, 0.717) is 43.8 Å². The third-order valence-corrected chi connectivity index (χ3v) is 3.45. The SMILES string of the molecule is O=C(c1nn2c(c1Cl)OCCC2)N1CCOCC1. The summed E-state index contributed by atoms with van der Waals surface area (Å²) in [5.41, 5.74) is 0.287. The zero-order valence-corrected chi connectivity index (χ0v) is 10.7. The highest BCUT2D eigenvalue weighted by atomic mass is 35.5. The number of halogens is 1. The summed E-state index contributed by atoms with van der Waals surface area (Å²) in [5.74, 6) is 0.369. The molecular weight excluding hydrogens is 258 g/mol. The first kappa shape index (κ1) is 11.8. The minimum atomic E-state index is -0.145. The largest absolute Gasteiger partial charge is 0.477 e. The molecule has 2 aliphatic heterocycles. The standard InChI is InChI=1S/C11H14ClN3O3/c12-8-9(10(16)14-3-6-17-7-4-14)13-15-2-1-5-18-11(8)15/h1-7H2. The highest BCUT2D eigenvalue weighted by Crippen LogP contribution is 2.31. The maximum absolute atomic E-state index is 12.3. The molecule has 3 heterocycles. The number of morpholine rings is 1. The number of hydrogen-bond donors (Lipinski definition) is 0. The van der Waals surface area contributed by atoms with Crippen LogP contribution in [0.3, 0.4) is 0 Å². The molecule has 0 spiro atoms. The van der Waals surface area contributed by atoms with Gasteiger partial charge in [0.1, 0.15) is 5.02 Å². The summed E-state index contributed by atoms with van der Waals surface area (Å²) in [7, 11) is 0. The Morgan fingerprint density at radius 3 is 2.72 bits per heavy atom. The van der Waals surface area contributed by atoms with Crippen LogP contribution in [0.1, 0.15) is 16.9 Å². The molecule has 1 saturated heterocycles. The third kappa shape index (κ3) is 1.95. The van der Waals surface area contributed by atoms with E-state index in [1.54, 1.807) is 9.58 Å². The van der Waals surface area contributed by atoms with Gasteiger partial charge in [-0.2, -0.15) is 5.10 Å². The van der Waals surface area contributed by atoms with Gasteiger partial charge in [-0.15, -0.1) is 0 Å². The molecule has 0 bridgehead atoms. The molecule has 0 unspecified atom stereocenters. The fraction of sp³-hybridized carbons (Fsp3) is 0.636. The van der Waals surface area contributed by atoms with Gasteiger partial charge in [0, 0.05) is 26.1 Å². The predicted molar refractivity (Wildman–Crippen MR) is 64.1 cm³/mol. The Kier molecular flexibility index (Phi) is 3.13. The van der Waals surface area contributed by atoms with E-state index in [0.717, 1.165) is 13.0 Å². The van der Waals surface area contributed by atoms with Gasteiger partial charge in [-0.1, -0.05) is 11.6 Å². The third-order valence-electron chi connectivity index (χ3n) is 3.10. The van der Waals surface area contributed by atoms with E-state index in [4.69, 9.17) is 21.1 Å². The minimum absolute atomic E-state index is 0.145. The number of nitrogens with zero attached hydrogens (tertiary/aromatic N) is 3. The van der Waals surface area contributed by atoms with E-state index < -0.39 is 0 Å². The monoisotopic (exact) mass is 271 g/mol. The molecule has 0 aromatic carbocycles. The van der Waals surface area contributed by atoms with Gasteiger partial charge in [-0.3, -0.25) is 4.79 Å². The van der Waals surface area contributed by atoms with Crippen molar-refractivity contribution in [3.63, 3.8) is 0 Å². The highest BCUT2D eigenvalue weighted by molar-refractivity contribution is 6.34. The summed E-state index contributed by atoms with van der Waals surface area (Å²) in [6, 6.07) is 0. The molecule has 0 N–H and O–H groups in total. The zero-order valence-electron chi connectivity index (χ0n) is 9.89. The Balaban J connectivity index is 1.87. The summed E-state index contributed by atoms with van der Waals surface area (Å²) in [6.07, 6.45) is 0.885. The van der Waals surface area contributed by atoms with Crippen LogP contribution in [0.5, 0.6) is 5.88 Å². The molecule has 1 amide bonds. The molecule has 98 valence electrons. The van der Waals surface area contributed by atoms with Gasteiger partial charge < -0.3 is 14.4 Å². The van der Waals surface area contributed by atoms with Gasteiger partial charge in [0.25, 0.3) is 5.91 Å². The van der Waals surface area contributed by atoms with Crippen LogP contribution in [0.2, 0.25) is 5.02 Å². The molecule has 2 aliphatic rings. The van der Waals surface area contributed by atoms with Crippen LogP contribution in [-0.4, -0.2) is 53.5 Å². The molecule has 1 aromatic heterocycles. The van der Waals surface area contributed by atoms with Crippen molar-refractivity contribution in [2.75, 3.05) is 32.9 Å². The predicted octanol–water partition coefficient (Wildman–Crippen LogP) is 0.791. The van der Waals surface area contributed by atoms with Crippen molar-refractivity contribution in [1.29, 1.82) is 0 Å². The Hall–Kier alpha value is -1.27. The van der Waals surface area contributed by atoms with Crippen molar-refractivity contribution in [1.82, 2.24) is 14.7 Å². The molecule has 1 aromatic rings. The molecular formula is C11H14ClN3O3. The van der Waals surface area contributed by atoms with E-state index in [2.05, 4.69) is 5.10 Å². The van der Waals surface area contributed by atoms with E-state index in [1.165, 1.54) is 0 Å². The van der Waals surface area contributed by atoms with Crippen molar-refractivity contribution in [3.8, 4) is 5.88 Å². The molecule has 3 rings (SSSR count). The lowest BCUT2D eigenvalue weighted by Gasteiger charge is -2.26. The van der Waals surface area contributed by atoms with Crippen LogP contribution in [0, 0.1) is 0 Å². The lowest BCUT2D eigenvalue weighted by molar-refractivity contribution is 0.0298. The van der Waals surface area contributed by atoms with Gasteiger partial charge in [-0.05, 0) is 0 Å². The summed E-state index contributed by atoms with van der Waals surface area (Å²) in [4.78, 5) is 14.0. The van der Waals surface area contributed by atoms with E-state index in [1.807, 2.05) is 0 Å². The Morgan fingerprint density at radius 2 is 2.00 bits per heavy atom. The van der Waals surface area contributed by atoms with Crippen molar-refractivity contribution in [3.05, 3.63) is 10.7 Å². The summed E-state index contributed by atoms with van der Waals surface area (Å²) < 4.78 is 12.3. The number of rotatable bonds is 1. The zero-order chi connectivity index (χ0) is 12.5. The molecule has 0 aliphatic carbocycles. The Morgan fingerprint density at radius 1 is 1.22 bits per heavy atom. The van der Waals surface area contributed by atoms with Crippen molar-refractivity contribution in [2.24, 2.45) is 0 Å². The number of amides is 1. The smallest absolute Gasteiger partial charge is 0.276 e. The first-order valence-corrected chi connectivity index (χ1v) is 6.41. The van der Waals surface area contributed by atoms with E-state index >= 15 is 0 Å². The number of carbonyl (C=O) groups excluding carboxylic acids is 1. The molecule has 0 atom stereocenters. The van der Waals surface area contributed by atoms with Gasteiger partial charge in [0.15, 0.2) is 5.69 Å². The second-order valence-corrected chi connectivity index (χ2v) is 4.68. The van der Waals surface area contributed by atoms with Crippen LogP contribution >= 0.6 is 11.6 Å². The van der Waals surface area contributed by atoms with Crippen LogP contribution in [0.15, 0.2) is 0 Å². The number of carbonyl (C=O) groups is 1. The van der Waals surface area contributed by atoms with Crippen molar-refractivity contribution < 1.29 is 14.3 Å². The van der Waals surface area contributed by atoms with E-state index in [-0.39, 0.29) is 11.6 Å². The number of aryl methyl sites for hydroxylation is 1. The summed E-state index contributed by atoms with van der Waals surface area (Å²) >= 11 is 6.17. The second kappa shape index (κ2) is 4.78. The first-order valence-electron chi connectivity index (χ1n) is 6.03. The normalized spacial score (nSPS) is 19.3. The highest BCUT2D eigenvalue weighted by Gasteiger charge is 2.28. The maximum atomic E-state index is 12.3. The molecule has 6 nitrogen and oxygen atoms in total. The Labute approximate surface area is 109 Å². The minimum Gasteiger partial charge on any atom is -0.477 e. The fourth-order valence-electron chi connectivity index (χ4n) is 2.15. The number of ether oxygens (including phenoxy) is 2. The van der Waals surface area contributed by atoms with Gasteiger partial charge in [-0.25, -0.2) is 4.68 Å². The second-order valence-electron chi connectivity index (χ2n) is 4.30. The number of aromatic nitrogens is 2. The molecule has 0 radical (unpaired) electrons. The van der Waals surface area contributed by atoms with Crippen LogP contribution < -0.4 is 4.74 Å². The van der Waals surface area contributed by atoms with Gasteiger partial charge in [0.05, 0.1) is 19.8 Å². The molecule has 0 saturated carbocycles. The average Bonchev–Trinajstić information content (AvgIpc) is 2.77. The lowest BCUT2D eigenvalue weighted by Crippen LogP contribution is -2.41. The number of fused-ring (bicyclic) bond motifs is 1. The number of hydrogen-bond acceptors (Lipinski definition) is 4. The average molecular weight is 272 g/mol. The first-order chi connectivity index (χ1) is 8.77. The summed E-state index contributed by atoms with van der Waals surface area (Å²) in [6.45, 7) is 3.65. The fourth-order valence-corrected chi connectivity index (χ4v) is 2.42. The van der Waals surface area contributed by atoms with Crippen LogP contribution in [-0.2, 0) is 11.3 Å². The molecule has 1 fully saturated rings. The Bertz CT molecular complexity index is 468. The van der Waals surface area contributed by atoms with E-state index in [9.17, 15) is 4.79 Å². The van der Waals surface area contributed by atoms with Gasteiger partial charge >= 0.3 is 0 Å². The molecule has 7 heteroatoms. The van der Waals surface area contributed by atoms with Gasteiger partial charge in [0.2, 0.25) is 5.88 Å². The lowest BCUT2D eigenvalue weighted by atomic mass is 10.3. The molecule has 18 heavy (non-hydrogen) atoms. The van der Waals surface area contributed by atoms with Crippen molar-refractivity contribution >= 4 is 17.5 Å². The van der Waals surface area contributed by atoms with Crippen molar-refractivity contribution in [2.45, 2.75) is 13.0 Å². The maximum Gasteiger partial charge on any atom is 0.276 e. The quantitative estimate of drug-likeness (QED) is 0.758.